The first-order valence-electron chi connectivity index (χ1n) is 10.1. The second-order valence-corrected chi connectivity index (χ2v) is 7.80. The van der Waals surface area contributed by atoms with Crippen molar-refractivity contribution in [1.29, 1.82) is 5.26 Å². The van der Waals surface area contributed by atoms with E-state index in [4.69, 9.17) is 10.00 Å². The van der Waals surface area contributed by atoms with Gasteiger partial charge in [0.25, 0.3) is 0 Å². The number of fused-ring (bicyclic) bond motifs is 2. The van der Waals surface area contributed by atoms with Gasteiger partial charge < -0.3 is 9.72 Å². The molecule has 0 unspecified atom stereocenters. The Balaban J connectivity index is 0.00000132. The minimum Gasteiger partial charge on any atom is -0.469 e. The average Bonchev–Trinajstić information content (AvgIpc) is 3.44. The number of nitriles is 1. The molecule has 4 aromatic rings. The number of aromatic nitrogens is 4. The van der Waals surface area contributed by atoms with E-state index in [2.05, 4.69) is 34.1 Å². The van der Waals surface area contributed by atoms with Gasteiger partial charge in [-0.05, 0) is 42.3 Å². The molecule has 31 heavy (non-hydrogen) atoms. The van der Waals surface area contributed by atoms with Crippen LogP contribution in [0.15, 0.2) is 41.6 Å². The molecule has 0 saturated heterocycles. The zero-order valence-corrected chi connectivity index (χ0v) is 18.9. The largest absolute Gasteiger partial charge is 0.469 e. The lowest BCUT2D eigenvalue weighted by molar-refractivity contribution is -0.140. The first kappa shape index (κ1) is 22.4. The number of ether oxygens (including phenoxy) is 1. The highest BCUT2D eigenvalue weighted by molar-refractivity contribution is 7.99. The van der Waals surface area contributed by atoms with Crippen molar-refractivity contribution in [2.75, 3.05) is 12.9 Å². The molecule has 0 fully saturated rings. The number of rotatable bonds is 6. The molecule has 0 aliphatic rings. The van der Waals surface area contributed by atoms with E-state index in [1.807, 2.05) is 43.1 Å². The van der Waals surface area contributed by atoms with Crippen molar-refractivity contribution in [3.05, 3.63) is 53.5 Å². The molecule has 0 aliphatic heterocycles. The van der Waals surface area contributed by atoms with Gasteiger partial charge in [0, 0.05) is 39.3 Å². The summed E-state index contributed by atoms with van der Waals surface area (Å²) < 4.78 is 6.59. The molecule has 1 N–H and O–H groups in total. The topological polar surface area (TPSA) is 96.6 Å². The molecule has 8 heteroatoms. The van der Waals surface area contributed by atoms with E-state index in [0.717, 1.165) is 32.3 Å². The van der Waals surface area contributed by atoms with Gasteiger partial charge in [0.2, 0.25) is 0 Å². The first-order valence-corrected chi connectivity index (χ1v) is 11.1. The molecule has 0 saturated carbocycles. The Morgan fingerprint density at radius 3 is 2.87 bits per heavy atom. The highest BCUT2D eigenvalue weighted by Gasteiger charge is 2.14. The monoisotopic (exact) mass is 435 g/mol. The Bertz CT molecular complexity index is 1250. The second kappa shape index (κ2) is 10.1. The van der Waals surface area contributed by atoms with Crippen molar-refractivity contribution >= 4 is 39.7 Å². The molecule has 0 bridgehead atoms. The summed E-state index contributed by atoms with van der Waals surface area (Å²) in [5, 5.41) is 15.6. The van der Waals surface area contributed by atoms with E-state index in [0.29, 0.717) is 30.1 Å². The number of hydrogen-bond acceptors (Lipinski definition) is 6. The van der Waals surface area contributed by atoms with E-state index in [9.17, 15) is 4.79 Å². The van der Waals surface area contributed by atoms with Gasteiger partial charge in [-0.15, -0.1) is 11.8 Å². The Morgan fingerprint density at radius 2 is 2.13 bits per heavy atom. The number of carbonyl (C=O) groups excluding carboxylic acids is 1. The Labute approximate surface area is 185 Å². The summed E-state index contributed by atoms with van der Waals surface area (Å²) in [5.74, 6) is 0.430. The van der Waals surface area contributed by atoms with Crippen molar-refractivity contribution in [2.45, 2.75) is 38.6 Å². The molecule has 0 aliphatic carbocycles. The lowest BCUT2D eigenvalue weighted by Crippen LogP contribution is -2.04. The second-order valence-electron chi connectivity index (χ2n) is 6.66. The normalized spacial score (nSPS) is 10.5. The predicted octanol–water partition coefficient (Wildman–Crippen LogP) is 4.82. The number of benzene rings is 1. The van der Waals surface area contributed by atoms with Crippen LogP contribution < -0.4 is 0 Å². The number of thioether (sulfide) groups is 1. The third-order valence-electron chi connectivity index (χ3n) is 4.75. The zero-order chi connectivity index (χ0) is 22.4. The Kier molecular flexibility index (Phi) is 7.32. The minimum absolute atomic E-state index is 0.212. The molecular weight excluding hydrogens is 410 g/mol. The van der Waals surface area contributed by atoms with Crippen molar-refractivity contribution in [2.24, 2.45) is 0 Å². The highest BCUT2D eigenvalue weighted by atomic mass is 32.2. The fraction of sp³-hybridized carbons (Fsp3) is 0.304. The van der Waals surface area contributed by atoms with E-state index >= 15 is 0 Å². The molecule has 1 aromatic carbocycles. The maximum atomic E-state index is 11.5. The van der Waals surface area contributed by atoms with Crippen LogP contribution >= 0.6 is 11.8 Å². The maximum absolute atomic E-state index is 11.5. The molecule has 0 radical (unpaired) electrons. The number of pyridine rings is 1. The van der Waals surface area contributed by atoms with Gasteiger partial charge in [-0.2, -0.15) is 10.4 Å². The number of nitrogens with zero attached hydrogens (tertiary/aromatic N) is 4. The third-order valence-corrected chi connectivity index (χ3v) is 5.84. The highest BCUT2D eigenvalue weighted by Crippen LogP contribution is 2.33. The van der Waals surface area contributed by atoms with Crippen molar-refractivity contribution in [1.82, 2.24) is 19.7 Å². The van der Waals surface area contributed by atoms with Crippen LogP contribution in [-0.4, -0.2) is 38.6 Å². The number of hydrogen-bond donors (Lipinski definition) is 1. The van der Waals surface area contributed by atoms with Crippen LogP contribution in [0.25, 0.3) is 21.9 Å². The van der Waals surface area contributed by atoms with Crippen LogP contribution in [0.4, 0.5) is 0 Å². The third kappa shape index (κ3) is 4.89. The summed E-state index contributed by atoms with van der Waals surface area (Å²) in [7, 11) is 1.41. The van der Waals surface area contributed by atoms with Gasteiger partial charge in [0.05, 0.1) is 20.1 Å². The summed E-state index contributed by atoms with van der Waals surface area (Å²) >= 11 is 1.64. The summed E-state index contributed by atoms with van der Waals surface area (Å²) in [4.78, 5) is 20.2. The molecule has 0 spiro atoms. The SMILES string of the molecule is CC.COC(=O)CCSc1cc(C)c2[nH]ccc2c1Cn1cc2ccc(C#N)nc2n1. The lowest BCUT2D eigenvalue weighted by atomic mass is 10.1. The van der Waals surface area contributed by atoms with Crippen LogP contribution in [0, 0.1) is 18.3 Å². The number of aryl methyl sites for hydroxylation is 1. The van der Waals surface area contributed by atoms with Gasteiger partial charge >= 0.3 is 5.97 Å². The van der Waals surface area contributed by atoms with Crippen molar-refractivity contribution in [3.8, 4) is 6.07 Å². The van der Waals surface area contributed by atoms with Gasteiger partial charge in [0.1, 0.15) is 11.8 Å². The van der Waals surface area contributed by atoms with E-state index in [-0.39, 0.29) is 5.97 Å². The van der Waals surface area contributed by atoms with Crippen LogP contribution in [0.2, 0.25) is 0 Å². The maximum Gasteiger partial charge on any atom is 0.306 e. The smallest absolute Gasteiger partial charge is 0.306 e. The van der Waals surface area contributed by atoms with Gasteiger partial charge in [-0.25, -0.2) is 4.98 Å². The average molecular weight is 436 g/mol. The number of aromatic amines is 1. The molecule has 7 nitrogen and oxygen atoms in total. The summed E-state index contributed by atoms with van der Waals surface area (Å²) in [6.45, 7) is 6.63. The van der Waals surface area contributed by atoms with Crippen LogP contribution in [0.1, 0.15) is 37.1 Å². The number of methoxy groups -OCH3 is 1. The van der Waals surface area contributed by atoms with Gasteiger partial charge in [-0.1, -0.05) is 13.8 Å². The number of H-pyrrole nitrogens is 1. The fourth-order valence-corrected chi connectivity index (χ4v) is 4.43. The molecule has 3 heterocycles. The summed E-state index contributed by atoms with van der Waals surface area (Å²) in [6, 6.07) is 9.81. The Morgan fingerprint density at radius 1 is 1.32 bits per heavy atom. The quantitative estimate of drug-likeness (QED) is 0.344. The number of nitrogens with one attached hydrogen (secondary N) is 1. The molecule has 4 rings (SSSR count). The summed E-state index contributed by atoms with van der Waals surface area (Å²) in [6.07, 6.45) is 4.23. The molecular formula is C23H25N5O2S. The van der Waals surface area contributed by atoms with E-state index in [1.54, 1.807) is 17.8 Å². The molecule has 3 aromatic heterocycles. The lowest BCUT2D eigenvalue weighted by Gasteiger charge is -2.13. The number of esters is 1. The molecule has 0 atom stereocenters. The van der Waals surface area contributed by atoms with E-state index in [1.165, 1.54) is 7.11 Å². The van der Waals surface area contributed by atoms with Crippen molar-refractivity contribution < 1.29 is 9.53 Å². The standard InChI is InChI=1S/C21H19N5O2S.C2H6/c1-13-9-18(29-8-6-19(27)28-2)17(16-5-7-23-20(13)16)12-26-11-14-3-4-15(10-22)24-21(14)25-26;1-2/h3-5,7,9,11,23H,6,8,12H2,1-2H3;1-2H3. The number of carbonyl (C=O) groups is 1. The van der Waals surface area contributed by atoms with E-state index < -0.39 is 0 Å². The van der Waals surface area contributed by atoms with Gasteiger partial charge in [-0.3, -0.25) is 9.48 Å². The predicted molar refractivity (Wildman–Crippen MR) is 123 cm³/mol. The van der Waals surface area contributed by atoms with Crippen molar-refractivity contribution in [3.63, 3.8) is 0 Å². The molecule has 160 valence electrons. The van der Waals surface area contributed by atoms with Crippen LogP contribution in [0.3, 0.4) is 0 Å². The molecule has 0 amide bonds. The first-order chi connectivity index (χ1) is 15.1. The minimum atomic E-state index is -0.212. The fourth-order valence-electron chi connectivity index (χ4n) is 3.33. The summed E-state index contributed by atoms with van der Waals surface area (Å²) in [5.41, 5.74) is 4.29. The van der Waals surface area contributed by atoms with Crippen LogP contribution in [-0.2, 0) is 16.1 Å². The zero-order valence-electron chi connectivity index (χ0n) is 18.1. The van der Waals surface area contributed by atoms with Gasteiger partial charge in [0.15, 0.2) is 5.65 Å². The van der Waals surface area contributed by atoms with Crippen LogP contribution in [0.5, 0.6) is 0 Å². The Hall–Kier alpha value is -3.31.